The maximum Gasteiger partial charge on any atom is 0.347 e. The highest BCUT2D eigenvalue weighted by atomic mass is 16.6. The third kappa shape index (κ3) is 3.50. The molecule has 0 saturated carbocycles. The van der Waals surface area contributed by atoms with E-state index in [0.29, 0.717) is 0 Å². The van der Waals surface area contributed by atoms with Crippen LogP contribution in [-0.4, -0.2) is 43.3 Å². The number of hydrogen-bond donors (Lipinski definition) is 0. The van der Waals surface area contributed by atoms with E-state index in [9.17, 15) is 19.7 Å². The van der Waals surface area contributed by atoms with E-state index in [-0.39, 0.29) is 36.7 Å². The largest absolute Gasteiger partial charge is 0.493 e. The number of nitro groups is 1. The zero-order valence-electron chi connectivity index (χ0n) is 12.6. The summed E-state index contributed by atoms with van der Waals surface area (Å²) >= 11 is 0. The van der Waals surface area contributed by atoms with Crippen LogP contribution in [0.4, 0.5) is 5.69 Å². The Hall–Kier alpha value is -2.84. The number of hydrogen-bond acceptors (Lipinski definition) is 8. The van der Waals surface area contributed by atoms with Crippen molar-refractivity contribution >= 4 is 17.6 Å². The topological polar surface area (TPSA) is 114 Å². The van der Waals surface area contributed by atoms with Gasteiger partial charge >= 0.3 is 11.9 Å². The van der Waals surface area contributed by atoms with Crippen LogP contribution in [0.25, 0.3) is 0 Å². The molecule has 1 aromatic rings. The monoisotopic (exact) mass is 325 g/mol. The number of nitro benzene ring substituents is 1. The average Bonchev–Trinajstić information content (AvgIpc) is 2.92. The maximum atomic E-state index is 12.2. The van der Waals surface area contributed by atoms with E-state index in [1.807, 2.05) is 0 Å². The standard InChI is InChI=1S/C14H15NO8/c1-3-21-12-6-8(9(15(18)19)7-11(12)20-2)13(16)23-10-4-5-22-14(10)17/h6-7,10H,3-5H2,1-2H3/t10-/m1/s1. The smallest absolute Gasteiger partial charge is 0.347 e. The Labute approximate surface area is 131 Å². The molecule has 1 atom stereocenters. The number of cyclic esters (lactones) is 1. The van der Waals surface area contributed by atoms with Gasteiger partial charge in [0.25, 0.3) is 5.69 Å². The highest BCUT2D eigenvalue weighted by molar-refractivity contribution is 5.96. The molecule has 0 N–H and O–H groups in total. The van der Waals surface area contributed by atoms with E-state index in [0.717, 1.165) is 6.07 Å². The first-order chi connectivity index (χ1) is 11.0. The molecular weight excluding hydrogens is 310 g/mol. The molecule has 2 rings (SSSR count). The van der Waals surface area contributed by atoms with Crippen LogP contribution in [0.15, 0.2) is 12.1 Å². The molecule has 0 amide bonds. The first-order valence-electron chi connectivity index (χ1n) is 6.84. The summed E-state index contributed by atoms with van der Waals surface area (Å²) in [6.45, 7) is 2.14. The van der Waals surface area contributed by atoms with Crippen LogP contribution in [0.5, 0.6) is 11.5 Å². The lowest BCUT2D eigenvalue weighted by atomic mass is 10.1. The van der Waals surface area contributed by atoms with Gasteiger partial charge in [-0.1, -0.05) is 0 Å². The summed E-state index contributed by atoms with van der Waals surface area (Å²) < 4.78 is 20.0. The van der Waals surface area contributed by atoms with Gasteiger partial charge < -0.3 is 18.9 Å². The number of esters is 2. The van der Waals surface area contributed by atoms with Crippen LogP contribution in [0.3, 0.4) is 0 Å². The summed E-state index contributed by atoms with van der Waals surface area (Å²) in [6, 6.07) is 2.25. The van der Waals surface area contributed by atoms with Gasteiger partial charge in [0.15, 0.2) is 11.5 Å². The van der Waals surface area contributed by atoms with Gasteiger partial charge in [-0.2, -0.15) is 0 Å². The van der Waals surface area contributed by atoms with Crippen molar-refractivity contribution in [2.45, 2.75) is 19.4 Å². The molecule has 0 bridgehead atoms. The molecule has 1 fully saturated rings. The molecule has 9 nitrogen and oxygen atoms in total. The zero-order valence-corrected chi connectivity index (χ0v) is 12.6. The number of benzene rings is 1. The molecule has 9 heteroatoms. The van der Waals surface area contributed by atoms with E-state index in [4.69, 9.17) is 14.2 Å². The maximum absolute atomic E-state index is 12.2. The van der Waals surface area contributed by atoms with Crippen LogP contribution in [0.2, 0.25) is 0 Å². The van der Waals surface area contributed by atoms with Crippen molar-refractivity contribution in [3.63, 3.8) is 0 Å². The number of carbonyl (C=O) groups is 2. The molecule has 1 aliphatic rings. The predicted octanol–water partition coefficient (Wildman–Crippen LogP) is 1.47. The number of rotatable bonds is 6. The number of carbonyl (C=O) groups excluding carboxylic acids is 2. The molecule has 23 heavy (non-hydrogen) atoms. The third-order valence-electron chi connectivity index (χ3n) is 3.13. The second-order valence-electron chi connectivity index (χ2n) is 4.56. The van der Waals surface area contributed by atoms with Gasteiger partial charge in [0, 0.05) is 12.5 Å². The van der Waals surface area contributed by atoms with Gasteiger partial charge in [0.05, 0.1) is 31.3 Å². The quantitative estimate of drug-likeness (QED) is 0.439. The van der Waals surface area contributed by atoms with Crippen LogP contribution in [0.1, 0.15) is 23.7 Å². The lowest BCUT2D eigenvalue weighted by molar-refractivity contribution is -0.385. The zero-order chi connectivity index (χ0) is 17.0. The van der Waals surface area contributed by atoms with Crippen LogP contribution in [-0.2, 0) is 14.3 Å². The van der Waals surface area contributed by atoms with Crippen molar-refractivity contribution in [1.82, 2.24) is 0 Å². The summed E-state index contributed by atoms with van der Waals surface area (Å²) in [5.74, 6) is -1.37. The minimum Gasteiger partial charge on any atom is -0.493 e. The first kappa shape index (κ1) is 16.5. The molecule has 1 heterocycles. The summed E-state index contributed by atoms with van der Waals surface area (Å²) in [5.41, 5.74) is -0.819. The van der Waals surface area contributed by atoms with Crippen molar-refractivity contribution in [2.75, 3.05) is 20.3 Å². The van der Waals surface area contributed by atoms with Crippen LogP contribution >= 0.6 is 0 Å². The van der Waals surface area contributed by atoms with Crippen LogP contribution < -0.4 is 9.47 Å². The molecule has 124 valence electrons. The molecule has 0 aliphatic carbocycles. The molecular formula is C14H15NO8. The molecule has 1 aliphatic heterocycles. The fourth-order valence-electron chi connectivity index (χ4n) is 2.07. The van der Waals surface area contributed by atoms with E-state index in [1.54, 1.807) is 6.92 Å². The van der Waals surface area contributed by atoms with Crippen LogP contribution in [0, 0.1) is 10.1 Å². The van der Waals surface area contributed by atoms with Gasteiger partial charge in [0.1, 0.15) is 5.56 Å². The predicted molar refractivity (Wildman–Crippen MR) is 75.6 cm³/mol. The first-order valence-corrected chi connectivity index (χ1v) is 6.84. The number of methoxy groups -OCH3 is 1. The van der Waals surface area contributed by atoms with Crippen molar-refractivity contribution < 1.29 is 33.5 Å². The third-order valence-corrected chi connectivity index (χ3v) is 3.13. The molecule has 1 saturated heterocycles. The van der Waals surface area contributed by atoms with Crippen molar-refractivity contribution in [1.29, 1.82) is 0 Å². The Kier molecular flexibility index (Phi) is 4.99. The number of nitrogens with zero attached hydrogens (tertiary/aromatic N) is 1. The normalized spacial score (nSPS) is 16.6. The van der Waals surface area contributed by atoms with Crippen molar-refractivity contribution in [3.8, 4) is 11.5 Å². The Balaban J connectivity index is 2.37. The molecule has 1 aromatic carbocycles. The Morgan fingerprint density at radius 3 is 2.70 bits per heavy atom. The minimum absolute atomic E-state index is 0.121. The molecule has 0 unspecified atom stereocenters. The van der Waals surface area contributed by atoms with Crippen molar-refractivity contribution in [3.05, 3.63) is 27.8 Å². The lowest BCUT2D eigenvalue weighted by Gasteiger charge is -2.12. The van der Waals surface area contributed by atoms with Gasteiger partial charge in [-0.05, 0) is 6.92 Å². The Morgan fingerprint density at radius 2 is 2.17 bits per heavy atom. The summed E-state index contributed by atoms with van der Waals surface area (Å²) in [5, 5.41) is 11.2. The van der Waals surface area contributed by atoms with Gasteiger partial charge in [0.2, 0.25) is 6.10 Å². The molecule has 0 aromatic heterocycles. The van der Waals surface area contributed by atoms with Gasteiger partial charge in [-0.25, -0.2) is 9.59 Å². The highest BCUT2D eigenvalue weighted by Gasteiger charge is 2.33. The van der Waals surface area contributed by atoms with Gasteiger partial charge in [-0.15, -0.1) is 0 Å². The van der Waals surface area contributed by atoms with E-state index in [2.05, 4.69) is 4.74 Å². The second-order valence-corrected chi connectivity index (χ2v) is 4.56. The van der Waals surface area contributed by atoms with E-state index in [1.165, 1.54) is 13.2 Å². The lowest BCUT2D eigenvalue weighted by Crippen LogP contribution is -2.23. The second kappa shape index (κ2) is 6.95. The van der Waals surface area contributed by atoms with E-state index >= 15 is 0 Å². The number of ether oxygens (including phenoxy) is 4. The fraction of sp³-hybridized carbons (Fsp3) is 0.429. The Bertz CT molecular complexity index is 642. The minimum atomic E-state index is -1.06. The van der Waals surface area contributed by atoms with E-state index < -0.39 is 28.7 Å². The van der Waals surface area contributed by atoms with Crippen molar-refractivity contribution in [2.24, 2.45) is 0 Å². The average molecular weight is 325 g/mol. The fourth-order valence-corrected chi connectivity index (χ4v) is 2.07. The van der Waals surface area contributed by atoms with Gasteiger partial charge in [-0.3, -0.25) is 10.1 Å². The summed E-state index contributed by atoms with van der Waals surface area (Å²) in [6.07, 6.45) is -0.841. The molecule has 0 spiro atoms. The molecule has 0 radical (unpaired) electrons. The summed E-state index contributed by atoms with van der Waals surface area (Å²) in [4.78, 5) is 34.0. The Morgan fingerprint density at radius 1 is 1.43 bits per heavy atom. The SMILES string of the molecule is CCOc1cc(C(=O)O[C@@H]2CCOC2=O)c([N+](=O)[O-])cc1OC. The summed E-state index contributed by atoms with van der Waals surface area (Å²) in [7, 11) is 1.33. The highest BCUT2D eigenvalue weighted by Crippen LogP contribution is 2.35.